The molecular formula is C9H11NO6S. The summed E-state index contributed by atoms with van der Waals surface area (Å²) in [6.45, 7) is 1.48. The van der Waals surface area contributed by atoms with Gasteiger partial charge in [0.15, 0.2) is 5.75 Å². The van der Waals surface area contributed by atoms with Gasteiger partial charge in [-0.3, -0.25) is 0 Å². The highest BCUT2D eigenvalue weighted by Gasteiger charge is 2.33. The lowest BCUT2D eigenvalue weighted by molar-refractivity contribution is 0.223. The molecule has 17 heavy (non-hydrogen) atoms. The van der Waals surface area contributed by atoms with E-state index in [4.69, 9.17) is 4.74 Å². The fourth-order valence-electron chi connectivity index (χ4n) is 1.44. The predicted octanol–water partition coefficient (Wildman–Crippen LogP) is 0.461. The molecule has 1 aliphatic heterocycles. The third-order valence-corrected chi connectivity index (χ3v) is 2.79. The predicted molar refractivity (Wildman–Crippen MR) is 58.5 cm³/mol. The molecule has 8 heteroatoms. The molecule has 1 aromatic rings. The minimum atomic E-state index is -4.07. The van der Waals surface area contributed by atoms with Gasteiger partial charge < -0.3 is 23.5 Å². The highest BCUT2D eigenvalue weighted by Crippen LogP contribution is 2.47. The van der Waals surface area contributed by atoms with E-state index in [1.165, 1.54) is 26.2 Å². The fraction of sp³-hybridized carbons (Fsp3) is 0.333. The molecule has 0 radical (unpaired) electrons. The van der Waals surface area contributed by atoms with Crippen molar-refractivity contribution >= 4 is 16.1 Å². The van der Waals surface area contributed by atoms with Gasteiger partial charge in [-0.1, -0.05) is 0 Å². The number of hydrogen-bond acceptors (Lipinski definition) is 7. The van der Waals surface area contributed by atoms with Crippen LogP contribution < -0.4 is 18.4 Å². The molecule has 1 aliphatic rings. The molecule has 1 aromatic carbocycles. The lowest BCUT2D eigenvalue weighted by atomic mass is 10.2. The van der Waals surface area contributed by atoms with E-state index >= 15 is 0 Å². The molecule has 1 unspecified atom stereocenters. The summed E-state index contributed by atoms with van der Waals surface area (Å²) >= 11 is 0. The molecule has 0 saturated carbocycles. The first kappa shape index (κ1) is 11.8. The average Bonchev–Trinajstić information content (AvgIpc) is 2.52. The number of fused-ring (bicyclic) bond motifs is 1. The molecule has 7 nitrogen and oxygen atoms in total. The number of benzene rings is 1. The van der Waals surface area contributed by atoms with Gasteiger partial charge in [0.05, 0.1) is 7.11 Å². The molecule has 94 valence electrons. The van der Waals surface area contributed by atoms with Crippen LogP contribution in [0, 0.1) is 0 Å². The molecule has 0 amide bonds. The van der Waals surface area contributed by atoms with Crippen molar-refractivity contribution in [2.45, 2.75) is 13.2 Å². The second kappa shape index (κ2) is 3.97. The molecule has 0 aromatic heterocycles. The molecule has 0 saturated heterocycles. The second-order valence-corrected chi connectivity index (χ2v) is 4.52. The summed E-state index contributed by atoms with van der Waals surface area (Å²) in [6, 6.07) is 2.92. The monoisotopic (exact) mass is 261 g/mol. The van der Waals surface area contributed by atoms with Crippen molar-refractivity contribution in [2.75, 3.05) is 12.4 Å². The second-order valence-electron chi connectivity index (χ2n) is 3.37. The van der Waals surface area contributed by atoms with E-state index in [9.17, 15) is 13.5 Å². The van der Waals surface area contributed by atoms with Gasteiger partial charge in [-0.2, -0.15) is 0 Å². The SMILES string of the molecule is COc1ccc2c(c1NC(C)O)OS(=O)(=O)O2. The zero-order valence-electron chi connectivity index (χ0n) is 9.13. The molecule has 0 bridgehead atoms. The van der Waals surface area contributed by atoms with Gasteiger partial charge in [-0.15, -0.1) is 8.42 Å². The molecule has 2 N–H and O–H groups in total. The van der Waals surface area contributed by atoms with Gasteiger partial charge in [0.25, 0.3) is 0 Å². The number of rotatable bonds is 3. The highest BCUT2D eigenvalue weighted by atomic mass is 32.3. The number of methoxy groups -OCH3 is 1. The Labute approximate surface area is 98.2 Å². The number of ether oxygens (including phenoxy) is 1. The minimum Gasteiger partial charge on any atom is -0.494 e. The number of aliphatic hydroxyl groups is 1. The van der Waals surface area contributed by atoms with E-state index in [1.54, 1.807) is 0 Å². The number of anilines is 1. The van der Waals surface area contributed by atoms with Crippen molar-refractivity contribution in [1.82, 2.24) is 0 Å². The van der Waals surface area contributed by atoms with Crippen LogP contribution in [0.2, 0.25) is 0 Å². The van der Waals surface area contributed by atoms with Crippen molar-refractivity contribution < 1.29 is 26.6 Å². The van der Waals surface area contributed by atoms with Gasteiger partial charge >= 0.3 is 10.4 Å². The van der Waals surface area contributed by atoms with Crippen LogP contribution in [0.3, 0.4) is 0 Å². The zero-order valence-corrected chi connectivity index (χ0v) is 9.95. The number of nitrogens with one attached hydrogen (secondary N) is 1. The Hall–Kier alpha value is -1.67. The first-order chi connectivity index (χ1) is 7.93. The maximum Gasteiger partial charge on any atom is 0.501 e. The quantitative estimate of drug-likeness (QED) is 0.763. The van der Waals surface area contributed by atoms with Gasteiger partial charge in [0.2, 0.25) is 5.75 Å². The fourth-order valence-corrected chi connectivity index (χ4v) is 2.19. The molecular weight excluding hydrogens is 250 g/mol. The van der Waals surface area contributed by atoms with E-state index in [-0.39, 0.29) is 17.2 Å². The van der Waals surface area contributed by atoms with Gasteiger partial charge in [0, 0.05) is 0 Å². The Morgan fingerprint density at radius 3 is 2.71 bits per heavy atom. The van der Waals surface area contributed by atoms with Gasteiger partial charge in [-0.25, -0.2) is 0 Å². The summed E-state index contributed by atoms with van der Waals surface area (Å²) in [5.41, 5.74) is 0.223. The maximum atomic E-state index is 11.1. The average molecular weight is 261 g/mol. The molecule has 2 rings (SSSR count). The maximum absolute atomic E-state index is 11.1. The van der Waals surface area contributed by atoms with Crippen LogP contribution >= 0.6 is 0 Å². The van der Waals surface area contributed by atoms with Crippen molar-refractivity contribution in [3.05, 3.63) is 12.1 Å². The first-order valence-electron chi connectivity index (χ1n) is 4.72. The Bertz CT molecular complexity index is 539. The van der Waals surface area contributed by atoms with E-state index in [1.807, 2.05) is 0 Å². The van der Waals surface area contributed by atoms with E-state index in [0.29, 0.717) is 5.75 Å². The summed E-state index contributed by atoms with van der Waals surface area (Å²) in [7, 11) is -2.65. The van der Waals surface area contributed by atoms with Crippen LogP contribution in [-0.2, 0) is 10.4 Å². The van der Waals surface area contributed by atoms with Crippen molar-refractivity contribution in [3.63, 3.8) is 0 Å². The molecule has 1 heterocycles. The van der Waals surface area contributed by atoms with Crippen LogP contribution in [-0.4, -0.2) is 26.9 Å². The molecule has 0 spiro atoms. The van der Waals surface area contributed by atoms with Crippen LogP contribution in [0.4, 0.5) is 5.69 Å². The first-order valence-corrected chi connectivity index (χ1v) is 6.06. The summed E-state index contributed by atoms with van der Waals surface area (Å²) < 4.78 is 36.6. The summed E-state index contributed by atoms with van der Waals surface area (Å²) in [5, 5.41) is 11.9. The third-order valence-electron chi connectivity index (χ3n) is 2.03. The minimum absolute atomic E-state index is 0.0229. The highest BCUT2D eigenvalue weighted by molar-refractivity contribution is 7.82. The molecule has 0 aliphatic carbocycles. The van der Waals surface area contributed by atoms with Crippen LogP contribution in [0.25, 0.3) is 0 Å². The lowest BCUT2D eigenvalue weighted by Crippen LogP contribution is -2.15. The normalized spacial score (nSPS) is 17.6. The Kier molecular flexibility index (Phi) is 2.76. The van der Waals surface area contributed by atoms with Crippen LogP contribution in [0.15, 0.2) is 12.1 Å². The van der Waals surface area contributed by atoms with E-state index in [2.05, 4.69) is 13.7 Å². The van der Waals surface area contributed by atoms with Gasteiger partial charge in [0.1, 0.15) is 17.7 Å². The Balaban J connectivity index is 2.52. The van der Waals surface area contributed by atoms with E-state index < -0.39 is 16.6 Å². The molecule has 0 fully saturated rings. The van der Waals surface area contributed by atoms with Crippen molar-refractivity contribution in [1.29, 1.82) is 0 Å². The molecule has 1 atom stereocenters. The summed E-state index contributed by atoms with van der Waals surface area (Å²) in [4.78, 5) is 0. The van der Waals surface area contributed by atoms with E-state index in [0.717, 1.165) is 0 Å². The summed E-state index contributed by atoms with van der Waals surface area (Å²) in [5.74, 6) is 0.365. The van der Waals surface area contributed by atoms with Gasteiger partial charge in [-0.05, 0) is 19.1 Å². The topological polar surface area (TPSA) is 94.1 Å². The Morgan fingerprint density at radius 2 is 2.12 bits per heavy atom. The smallest absolute Gasteiger partial charge is 0.494 e. The third kappa shape index (κ3) is 2.22. The lowest BCUT2D eigenvalue weighted by Gasteiger charge is -2.14. The number of aliphatic hydroxyl groups excluding tert-OH is 1. The largest absolute Gasteiger partial charge is 0.501 e. The standard InChI is InChI=1S/C9H11NO6S/c1-5(11)10-8-6(14-2)3-4-7-9(8)16-17(12,13)15-7/h3-5,10-11H,1-2H3. The Morgan fingerprint density at radius 1 is 1.41 bits per heavy atom. The van der Waals surface area contributed by atoms with Crippen molar-refractivity contribution in [3.8, 4) is 17.2 Å². The van der Waals surface area contributed by atoms with Crippen LogP contribution in [0.5, 0.6) is 17.2 Å². The number of hydrogen-bond donors (Lipinski definition) is 2. The van der Waals surface area contributed by atoms with Crippen LogP contribution in [0.1, 0.15) is 6.92 Å². The zero-order chi connectivity index (χ0) is 12.6. The summed E-state index contributed by atoms with van der Waals surface area (Å²) in [6.07, 6.45) is -0.901. The van der Waals surface area contributed by atoms with Crippen molar-refractivity contribution in [2.24, 2.45) is 0 Å².